The van der Waals surface area contributed by atoms with Crippen molar-refractivity contribution < 1.29 is 4.84 Å². The summed E-state index contributed by atoms with van der Waals surface area (Å²) in [5.41, 5.74) is -0.0772. The predicted molar refractivity (Wildman–Crippen MR) is 77.9 cm³/mol. The highest BCUT2D eigenvalue weighted by molar-refractivity contribution is 5.85. The molecule has 0 saturated carbocycles. The van der Waals surface area contributed by atoms with Gasteiger partial charge in [-0.3, -0.25) is 4.79 Å². The van der Waals surface area contributed by atoms with Crippen molar-refractivity contribution in [3.05, 3.63) is 46.9 Å². The van der Waals surface area contributed by atoms with E-state index in [1.807, 2.05) is 30.3 Å². The molecule has 3 rings (SSSR count). The van der Waals surface area contributed by atoms with Crippen LogP contribution in [-0.2, 0) is 0 Å². The third kappa shape index (κ3) is 2.91. The van der Waals surface area contributed by atoms with Crippen LogP contribution in [0.15, 0.2) is 41.3 Å². The minimum atomic E-state index is -0.0772. The number of aromatic nitrogens is 1. The zero-order valence-electron chi connectivity index (χ0n) is 10.5. The lowest BCUT2D eigenvalue weighted by molar-refractivity contribution is 0.0140. The highest BCUT2D eigenvalue weighted by Crippen LogP contribution is 2.09. The van der Waals surface area contributed by atoms with E-state index in [1.165, 1.54) is 4.73 Å². The molecule has 1 N–H and O–H groups in total. The van der Waals surface area contributed by atoms with E-state index in [9.17, 15) is 4.79 Å². The van der Waals surface area contributed by atoms with Gasteiger partial charge in [-0.15, -0.1) is 12.4 Å². The summed E-state index contributed by atoms with van der Waals surface area (Å²) in [4.78, 5) is 18.0. The molecule has 1 aromatic heterocycles. The van der Waals surface area contributed by atoms with Gasteiger partial charge < -0.3 is 10.2 Å². The van der Waals surface area contributed by atoms with E-state index >= 15 is 0 Å². The van der Waals surface area contributed by atoms with Crippen molar-refractivity contribution in [1.82, 2.24) is 10.0 Å². The Morgan fingerprint density at radius 1 is 1.16 bits per heavy atom. The molecule has 5 heteroatoms. The summed E-state index contributed by atoms with van der Waals surface area (Å²) in [6.07, 6.45) is 3.73. The fourth-order valence-electron chi connectivity index (χ4n) is 2.32. The molecule has 0 atom stereocenters. The second-order valence-electron chi connectivity index (χ2n) is 4.59. The second-order valence-corrected chi connectivity index (χ2v) is 4.59. The van der Waals surface area contributed by atoms with Crippen LogP contribution in [0.25, 0.3) is 10.8 Å². The van der Waals surface area contributed by atoms with Gasteiger partial charge >= 0.3 is 0 Å². The largest absolute Gasteiger partial charge is 0.407 e. The summed E-state index contributed by atoms with van der Waals surface area (Å²) in [6.45, 7) is 1.90. The zero-order chi connectivity index (χ0) is 12.4. The molecule has 1 aliphatic rings. The van der Waals surface area contributed by atoms with Gasteiger partial charge in [-0.05, 0) is 43.5 Å². The first-order valence-corrected chi connectivity index (χ1v) is 6.33. The van der Waals surface area contributed by atoms with Crippen molar-refractivity contribution in [2.45, 2.75) is 18.9 Å². The summed E-state index contributed by atoms with van der Waals surface area (Å²) in [5.74, 6) is 0. The summed E-state index contributed by atoms with van der Waals surface area (Å²) in [7, 11) is 0. The average Bonchev–Trinajstić information content (AvgIpc) is 2.43. The highest BCUT2D eigenvalue weighted by Gasteiger charge is 2.15. The van der Waals surface area contributed by atoms with Crippen LogP contribution in [0, 0.1) is 0 Å². The molecule has 0 amide bonds. The van der Waals surface area contributed by atoms with Crippen LogP contribution in [-0.4, -0.2) is 23.9 Å². The lowest BCUT2D eigenvalue weighted by Crippen LogP contribution is -2.40. The van der Waals surface area contributed by atoms with Gasteiger partial charge in [0.2, 0.25) is 0 Å². The molecule has 1 saturated heterocycles. The Hall–Kier alpha value is -1.52. The fraction of sp³-hybridized carbons (Fsp3) is 0.357. The number of benzene rings is 1. The summed E-state index contributed by atoms with van der Waals surface area (Å²) >= 11 is 0. The lowest BCUT2D eigenvalue weighted by atomic mass is 10.1. The molecular formula is C14H17ClN2O2. The van der Waals surface area contributed by atoms with Gasteiger partial charge in [0, 0.05) is 6.20 Å². The summed E-state index contributed by atoms with van der Waals surface area (Å²) in [6, 6.07) is 9.49. The van der Waals surface area contributed by atoms with Gasteiger partial charge in [-0.1, -0.05) is 18.2 Å². The summed E-state index contributed by atoms with van der Waals surface area (Å²) < 4.78 is 1.37. The third-order valence-corrected chi connectivity index (χ3v) is 3.33. The number of nitrogens with zero attached hydrogens (tertiary/aromatic N) is 1. The number of hydrogen-bond donors (Lipinski definition) is 1. The Morgan fingerprint density at radius 3 is 2.68 bits per heavy atom. The van der Waals surface area contributed by atoms with Crippen molar-refractivity contribution in [3.8, 4) is 0 Å². The minimum Gasteiger partial charge on any atom is -0.407 e. The average molecular weight is 281 g/mol. The molecule has 2 heterocycles. The van der Waals surface area contributed by atoms with Crippen molar-refractivity contribution >= 4 is 23.2 Å². The van der Waals surface area contributed by atoms with E-state index < -0.39 is 0 Å². The smallest absolute Gasteiger partial charge is 0.290 e. The van der Waals surface area contributed by atoms with Gasteiger partial charge in [0.1, 0.15) is 6.10 Å². The van der Waals surface area contributed by atoms with Crippen LogP contribution >= 0.6 is 12.4 Å². The van der Waals surface area contributed by atoms with E-state index in [-0.39, 0.29) is 24.1 Å². The van der Waals surface area contributed by atoms with E-state index in [0.29, 0.717) is 5.39 Å². The first-order chi connectivity index (χ1) is 8.84. The monoisotopic (exact) mass is 280 g/mol. The normalized spacial score (nSPS) is 16.0. The summed E-state index contributed by atoms with van der Waals surface area (Å²) in [5, 5.41) is 4.93. The van der Waals surface area contributed by atoms with Gasteiger partial charge in [0.25, 0.3) is 5.56 Å². The van der Waals surface area contributed by atoms with Crippen LogP contribution in [0.4, 0.5) is 0 Å². The number of fused-ring (bicyclic) bond motifs is 1. The Morgan fingerprint density at radius 2 is 1.89 bits per heavy atom. The molecule has 4 nitrogen and oxygen atoms in total. The SMILES string of the molecule is Cl.O=c1c2ccccc2ccn1OC1CCNCC1. The lowest BCUT2D eigenvalue weighted by Gasteiger charge is -2.23. The van der Waals surface area contributed by atoms with Gasteiger partial charge in [-0.2, -0.15) is 4.73 Å². The van der Waals surface area contributed by atoms with Crippen LogP contribution in [0.3, 0.4) is 0 Å². The Kier molecular flexibility index (Phi) is 4.45. The van der Waals surface area contributed by atoms with Crippen molar-refractivity contribution in [3.63, 3.8) is 0 Å². The Labute approximate surface area is 117 Å². The Balaban J connectivity index is 0.00000133. The highest BCUT2D eigenvalue weighted by atomic mass is 35.5. The maximum Gasteiger partial charge on any atom is 0.290 e. The number of rotatable bonds is 2. The van der Waals surface area contributed by atoms with Crippen LogP contribution < -0.4 is 15.7 Å². The molecule has 19 heavy (non-hydrogen) atoms. The molecule has 1 aliphatic heterocycles. The van der Waals surface area contributed by atoms with E-state index in [2.05, 4.69) is 5.32 Å². The van der Waals surface area contributed by atoms with Gasteiger partial charge in [0.05, 0.1) is 5.39 Å². The standard InChI is InChI=1S/C14H16N2O2.ClH/c17-14-13-4-2-1-3-11(13)7-10-16(14)18-12-5-8-15-9-6-12;/h1-4,7,10,12,15H,5-6,8-9H2;1H. The van der Waals surface area contributed by atoms with Gasteiger partial charge in [-0.25, -0.2) is 0 Å². The molecule has 102 valence electrons. The first-order valence-electron chi connectivity index (χ1n) is 6.33. The molecule has 0 radical (unpaired) electrons. The second kappa shape index (κ2) is 6.08. The van der Waals surface area contributed by atoms with Crippen LogP contribution in [0.1, 0.15) is 12.8 Å². The molecule has 0 bridgehead atoms. The minimum absolute atomic E-state index is 0. The zero-order valence-corrected chi connectivity index (χ0v) is 11.4. The molecule has 0 unspecified atom stereocenters. The van der Waals surface area contributed by atoms with Gasteiger partial charge in [0.15, 0.2) is 0 Å². The number of pyridine rings is 1. The molecule has 1 aromatic carbocycles. The van der Waals surface area contributed by atoms with Crippen LogP contribution in [0.5, 0.6) is 0 Å². The predicted octanol–water partition coefficient (Wildman–Crippen LogP) is 1.60. The maximum atomic E-state index is 12.2. The third-order valence-electron chi connectivity index (χ3n) is 3.33. The maximum absolute atomic E-state index is 12.2. The fourth-order valence-corrected chi connectivity index (χ4v) is 2.32. The van der Waals surface area contributed by atoms with E-state index in [4.69, 9.17) is 4.84 Å². The number of halogens is 1. The first kappa shape index (κ1) is 13.9. The number of hydrogen-bond acceptors (Lipinski definition) is 3. The van der Waals surface area contributed by atoms with Crippen molar-refractivity contribution in [2.24, 2.45) is 0 Å². The Bertz CT molecular complexity index is 606. The molecule has 2 aromatic rings. The quantitative estimate of drug-likeness (QED) is 0.909. The topological polar surface area (TPSA) is 43.3 Å². The van der Waals surface area contributed by atoms with E-state index in [1.54, 1.807) is 6.20 Å². The van der Waals surface area contributed by atoms with E-state index in [0.717, 1.165) is 31.3 Å². The van der Waals surface area contributed by atoms with Crippen LogP contribution in [0.2, 0.25) is 0 Å². The number of piperidine rings is 1. The van der Waals surface area contributed by atoms with Crippen molar-refractivity contribution in [2.75, 3.05) is 13.1 Å². The molecule has 0 spiro atoms. The number of nitrogens with one attached hydrogen (secondary N) is 1. The molecule has 0 aliphatic carbocycles. The van der Waals surface area contributed by atoms with Crippen molar-refractivity contribution in [1.29, 1.82) is 0 Å². The molecule has 1 fully saturated rings. The molecular weight excluding hydrogens is 264 g/mol.